The second-order valence-electron chi connectivity index (χ2n) is 4.75. The fourth-order valence-electron chi connectivity index (χ4n) is 2.24. The Labute approximate surface area is 107 Å². The van der Waals surface area contributed by atoms with Crippen LogP contribution >= 0.6 is 0 Å². The molecule has 0 radical (unpaired) electrons. The van der Waals surface area contributed by atoms with Gasteiger partial charge in [0, 0.05) is 11.7 Å². The van der Waals surface area contributed by atoms with Crippen molar-refractivity contribution in [3.8, 4) is 12.1 Å². The standard InChI is InChI=1S/C13H18N4O/c1-9-7-10(8-14)17-13(16-9)18-12-6-4-2-3-5-11(12)15/h7,11-12H,2-6,15H2,1H3. The lowest BCUT2D eigenvalue weighted by atomic mass is 10.1. The fourth-order valence-corrected chi connectivity index (χ4v) is 2.24. The summed E-state index contributed by atoms with van der Waals surface area (Å²) in [6, 6.07) is 3.95. The van der Waals surface area contributed by atoms with Crippen molar-refractivity contribution in [3.05, 3.63) is 17.5 Å². The molecule has 1 aliphatic carbocycles. The van der Waals surface area contributed by atoms with Crippen LogP contribution in [0.2, 0.25) is 0 Å². The second kappa shape index (κ2) is 5.78. The molecule has 5 heteroatoms. The van der Waals surface area contributed by atoms with Gasteiger partial charge in [-0.2, -0.15) is 10.2 Å². The number of rotatable bonds is 2. The van der Waals surface area contributed by atoms with Crippen LogP contribution in [0.25, 0.3) is 0 Å². The summed E-state index contributed by atoms with van der Waals surface area (Å²) in [6.45, 7) is 1.82. The molecule has 2 atom stereocenters. The quantitative estimate of drug-likeness (QED) is 0.803. The maximum absolute atomic E-state index is 8.87. The number of hydrogen-bond acceptors (Lipinski definition) is 5. The van der Waals surface area contributed by atoms with Gasteiger partial charge in [-0.25, -0.2) is 4.98 Å². The van der Waals surface area contributed by atoms with Gasteiger partial charge in [0.25, 0.3) is 0 Å². The minimum Gasteiger partial charge on any atom is -0.458 e. The van der Waals surface area contributed by atoms with Crippen LogP contribution in [0.4, 0.5) is 0 Å². The fraction of sp³-hybridized carbons (Fsp3) is 0.615. The van der Waals surface area contributed by atoms with Gasteiger partial charge in [0.05, 0.1) is 0 Å². The summed E-state index contributed by atoms with van der Waals surface area (Å²) >= 11 is 0. The van der Waals surface area contributed by atoms with E-state index in [1.807, 2.05) is 13.0 Å². The highest BCUT2D eigenvalue weighted by Gasteiger charge is 2.23. The van der Waals surface area contributed by atoms with Crippen molar-refractivity contribution in [3.63, 3.8) is 0 Å². The molecule has 1 saturated carbocycles. The largest absolute Gasteiger partial charge is 0.458 e. The van der Waals surface area contributed by atoms with Crippen LogP contribution in [0.1, 0.15) is 43.5 Å². The lowest BCUT2D eigenvalue weighted by molar-refractivity contribution is 0.148. The molecule has 1 aliphatic rings. The molecule has 0 amide bonds. The minimum absolute atomic E-state index is 0.0298. The number of ether oxygens (including phenoxy) is 1. The molecule has 0 bridgehead atoms. The van der Waals surface area contributed by atoms with Crippen molar-refractivity contribution in [2.75, 3.05) is 0 Å². The summed E-state index contributed by atoms with van der Waals surface area (Å²) in [7, 11) is 0. The van der Waals surface area contributed by atoms with E-state index in [1.165, 1.54) is 6.42 Å². The van der Waals surface area contributed by atoms with Crippen molar-refractivity contribution in [1.29, 1.82) is 5.26 Å². The van der Waals surface area contributed by atoms with Crippen LogP contribution in [-0.2, 0) is 0 Å². The Morgan fingerprint density at radius 3 is 2.89 bits per heavy atom. The van der Waals surface area contributed by atoms with Crippen LogP contribution < -0.4 is 10.5 Å². The average molecular weight is 246 g/mol. The molecule has 1 fully saturated rings. The van der Waals surface area contributed by atoms with E-state index in [4.69, 9.17) is 15.7 Å². The SMILES string of the molecule is Cc1cc(C#N)nc(OC2CCCCCC2N)n1. The van der Waals surface area contributed by atoms with Gasteiger partial charge in [0.15, 0.2) is 0 Å². The maximum Gasteiger partial charge on any atom is 0.318 e. The highest BCUT2D eigenvalue weighted by Crippen LogP contribution is 2.20. The van der Waals surface area contributed by atoms with E-state index in [2.05, 4.69) is 9.97 Å². The number of hydrogen-bond donors (Lipinski definition) is 1. The van der Waals surface area contributed by atoms with Gasteiger partial charge in [-0.15, -0.1) is 0 Å². The molecule has 18 heavy (non-hydrogen) atoms. The molecule has 1 aromatic rings. The molecular formula is C13H18N4O. The predicted octanol–water partition coefficient (Wildman–Crippen LogP) is 1.70. The molecule has 5 nitrogen and oxygen atoms in total. The number of nitrogens with two attached hydrogens (primary N) is 1. The molecule has 0 aromatic carbocycles. The highest BCUT2D eigenvalue weighted by molar-refractivity contribution is 5.23. The van der Waals surface area contributed by atoms with Gasteiger partial charge < -0.3 is 10.5 Å². The summed E-state index contributed by atoms with van der Waals surface area (Å²) in [6.07, 6.45) is 5.34. The van der Waals surface area contributed by atoms with Gasteiger partial charge in [-0.05, 0) is 32.3 Å². The van der Waals surface area contributed by atoms with Crippen LogP contribution in [0, 0.1) is 18.3 Å². The molecular weight excluding hydrogens is 228 g/mol. The number of nitriles is 1. The lowest BCUT2D eigenvalue weighted by Gasteiger charge is -2.21. The van der Waals surface area contributed by atoms with E-state index >= 15 is 0 Å². The van der Waals surface area contributed by atoms with Crippen molar-refractivity contribution in [2.45, 2.75) is 51.2 Å². The Bertz CT molecular complexity index is 455. The number of aryl methyl sites for hydroxylation is 1. The number of nitrogens with zero attached hydrogens (tertiary/aromatic N) is 3. The molecule has 0 saturated heterocycles. The van der Waals surface area contributed by atoms with Crippen molar-refractivity contribution in [1.82, 2.24) is 9.97 Å². The highest BCUT2D eigenvalue weighted by atomic mass is 16.5. The first kappa shape index (κ1) is 12.8. The summed E-state index contributed by atoms with van der Waals surface area (Å²) in [4.78, 5) is 8.26. The summed E-state index contributed by atoms with van der Waals surface area (Å²) in [5.41, 5.74) is 7.16. The third kappa shape index (κ3) is 3.17. The Balaban J connectivity index is 2.12. The van der Waals surface area contributed by atoms with Crippen LogP contribution in [0.5, 0.6) is 6.01 Å². The minimum atomic E-state index is -0.0409. The molecule has 96 valence electrons. The molecule has 0 spiro atoms. The molecule has 2 unspecified atom stereocenters. The normalized spacial score (nSPS) is 24.1. The third-order valence-corrected chi connectivity index (χ3v) is 3.21. The smallest absolute Gasteiger partial charge is 0.318 e. The van der Waals surface area contributed by atoms with Crippen LogP contribution in [0.15, 0.2) is 6.07 Å². The molecule has 0 aliphatic heterocycles. The van der Waals surface area contributed by atoms with Gasteiger partial charge in [-0.1, -0.05) is 12.8 Å². The summed E-state index contributed by atoms with van der Waals surface area (Å²) in [5, 5.41) is 8.87. The van der Waals surface area contributed by atoms with E-state index in [-0.39, 0.29) is 18.2 Å². The molecule has 1 heterocycles. The monoisotopic (exact) mass is 246 g/mol. The zero-order valence-corrected chi connectivity index (χ0v) is 10.6. The predicted molar refractivity (Wildman–Crippen MR) is 67.0 cm³/mol. The topological polar surface area (TPSA) is 84.8 Å². The lowest BCUT2D eigenvalue weighted by Crippen LogP contribution is -2.38. The first-order valence-electron chi connectivity index (χ1n) is 6.37. The molecule has 1 aromatic heterocycles. The second-order valence-corrected chi connectivity index (χ2v) is 4.75. The van der Waals surface area contributed by atoms with E-state index in [9.17, 15) is 0 Å². The van der Waals surface area contributed by atoms with Crippen molar-refractivity contribution >= 4 is 0 Å². The van der Waals surface area contributed by atoms with E-state index in [0.29, 0.717) is 5.69 Å². The van der Waals surface area contributed by atoms with Gasteiger partial charge >= 0.3 is 6.01 Å². The van der Waals surface area contributed by atoms with E-state index in [1.54, 1.807) is 6.07 Å². The average Bonchev–Trinajstić information content (AvgIpc) is 2.54. The van der Waals surface area contributed by atoms with Crippen molar-refractivity contribution < 1.29 is 4.74 Å². The van der Waals surface area contributed by atoms with E-state index in [0.717, 1.165) is 31.4 Å². The molecule has 2 rings (SSSR count). The Morgan fingerprint density at radius 2 is 2.11 bits per heavy atom. The number of aromatic nitrogens is 2. The van der Waals surface area contributed by atoms with Gasteiger partial charge in [-0.3, -0.25) is 0 Å². The Kier molecular flexibility index (Phi) is 4.11. The summed E-state index contributed by atoms with van der Waals surface area (Å²) < 4.78 is 5.77. The van der Waals surface area contributed by atoms with E-state index < -0.39 is 0 Å². The summed E-state index contributed by atoms with van der Waals surface area (Å²) in [5.74, 6) is 0. The maximum atomic E-state index is 8.87. The van der Waals surface area contributed by atoms with Gasteiger partial charge in [0.1, 0.15) is 17.9 Å². The Morgan fingerprint density at radius 1 is 1.33 bits per heavy atom. The molecule has 2 N–H and O–H groups in total. The Hall–Kier alpha value is -1.67. The van der Waals surface area contributed by atoms with Crippen LogP contribution in [-0.4, -0.2) is 22.1 Å². The zero-order valence-electron chi connectivity index (χ0n) is 10.6. The zero-order chi connectivity index (χ0) is 13.0. The first-order chi connectivity index (χ1) is 8.69. The van der Waals surface area contributed by atoms with Gasteiger partial charge in [0.2, 0.25) is 0 Å². The first-order valence-corrected chi connectivity index (χ1v) is 6.37. The van der Waals surface area contributed by atoms with Crippen LogP contribution in [0.3, 0.4) is 0 Å². The third-order valence-electron chi connectivity index (χ3n) is 3.21. The van der Waals surface area contributed by atoms with Crippen molar-refractivity contribution in [2.24, 2.45) is 5.73 Å².